The highest BCUT2D eigenvalue weighted by atomic mass is 16.5. The van der Waals surface area contributed by atoms with Gasteiger partial charge in [-0.3, -0.25) is 14.5 Å². The zero-order valence-corrected chi connectivity index (χ0v) is 18.6. The van der Waals surface area contributed by atoms with Crippen molar-refractivity contribution in [1.29, 1.82) is 0 Å². The first kappa shape index (κ1) is 22.1. The normalized spacial score (nSPS) is 16.9. The van der Waals surface area contributed by atoms with Crippen molar-refractivity contribution in [3.05, 3.63) is 53.6 Å². The average molecular weight is 439 g/mol. The second kappa shape index (κ2) is 10.0. The fraction of sp³-hybridized carbons (Fsp3) is 0.417. The number of morpholine rings is 1. The molecule has 0 saturated carbocycles. The zero-order chi connectivity index (χ0) is 22.5. The number of carbonyl (C=O) groups is 2. The number of hydrogen-bond acceptors (Lipinski definition) is 6. The van der Waals surface area contributed by atoms with Crippen LogP contribution in [0.2, 0.25) is 0 Å². The quantitative estimate of drug-likeness (QED) is 0.670. The van der Waals surface area contributed by atoms with E-state index in [2.05, 4.69) is 45.7 Å². The van der Waals surface area contributed by atoms with E-state index in [-0.39, 0.29) is 6.04 Å². The number of nitrogens with one attached hydrogen (secondary N) is 2. The molecule has 2 amide bonds. The first-order chi connectivity index (χ1) is 15.6. The summed E-state index contributed by atoms with van der Waals surface area (Å²) in [6.45, 7) is 4.24. The summed E-state index contributed by atoms with van der Waals surface area (Å²) in [5, 5.41) is 5.46. The van der Waals surface area contributed by atoms with Crippen LogP contribution in [-0.2, 0) is 20.7 Å². The molecule has 2 aliphatic heterocycles. The maximum absolute atomic E-state index is 12.6. The number of rotatable bonds is 6. The van der Waals surface area contributed by atoms with Gasteiger partial charge in [-0.15, -0.1) is 0 Å². The van der Waals surface area contributed by atoms with E-state index in [1.165, 1.54) is 18.4 Å². The molecule has 4 rings (SSSR count). The van der Waals surface area contributed by atoms with Crippen molar-refractivity contribution >= 4 is 23.2 Å². The Kier molecular flexibility index (Phi) is 6.92. The van der Waals surface area contributed by atoms with Gasteiger partial charge in [0.1, 0.15) is 5.75 Å². The topological polar surface area (TPSA) is 83.1 Å². The third-order valence-corrected chi connectivity index (χ3v) is 6.12. The average Bonchev–Trinajstić information content (AvgIpc) is 3.20. The summed E-state index contributed by atoms with van der Waals surface area (Å²) in [5.74, 6) is -0.885. The largest absolute Gasteiger partial charge is 0.495 e. The monoisotopic (exact) mass is 438 g/mol. The summed E-state index contributed by atoms with van der Waals surface area (Å²) in [5.41, 5.74) is 4.19. The van der Waals surface area contributed by atoms with Gasteiger partial charge >= 0.3 is 11.8 Å². The van der Waals surface area contributed by atoms with Crippen molar-refractivity contribution in [2.75, 3.05) is 63.8 Å². The number of amides is 2. The molecule has 2 aromatic carbocycles. The van der Waals surface area contributed by atoms with Crippen LogP contribution >= 0.6 is 0 Å². The number of anilines is 2. The van der Waals surface area contributed by atoms with Crippen LogP contribution in [0.15, 0.2) is 42.5 Å². The standard InChI is InChI=1S/C24H30N4O4/c1-27-10-9-18-15-17(7-8-20(18)27)21(28-11-13-32-14-12-28)16-25-23(29)24(30)26-19-5-3-4-6-22(19)31-2/h3-8,15,21H,9-14,16H2,1-2H3,(H,25,29)(H,26,30). The number of hydrogen-bond donors (Lipinski definition) is 2. The van der Waals surface area contributed by atoms with Gasteiger partial charge in [0.05, 0.1) is 32.1 Å². The summed E-state index contributed by atoms with van der Waals surface area (Å²) < 4.78 is 10.8. The van der Waals surface area contributed by atoms with E-state index in [0.29, 0.717) is 31.2 Å². The molecule has 0 aliphatic carbocycles. The Hall–Kier alpha value is -3.10. The molecule has 1 fully saturated rings. The summed E-state index contributed by atoms with van der Waals surface area (Å²) >= 11 is 0. The third-order valence-electron chi connectivity index (χ3n) is 6.12. The van der Waals surface area contributed by atoms with Crippen LogP contribution in [-0.4, -0.2) is 70.3 Å². The predicted molar refractivity (Wildman–Crippen MR) is 123 cm³/mol. The van der Waals surface area contributed by atoms with Crippen LogP contribution in [0.3, 0.4) is 0 Å². The second-order valence-electron chi connectivity index (χ2n) is 8.09. The molecule has 1 atom stereocenters. The fourth-order valence-electron chi connectivity index (χ4n) is 4.34. The van der Waals surface area contributed by atoms with Crippen molar-refractivity contribution in [1.82, 2.24) is 10.2 Å². The SMILES string of the molecule is COc1ccccc1NC(=O)C(=O)NCC(c1ccc2c(c1)CCN2C)N1CCOCC1. The minimum absolute atomic E-state index is 0.0295. The number of carbonyl (C=O) groups excluding carboxylic acids is 2. The second-order valence-corrected chi connectivity index (χ2v) is 8.09. The van der Waals surface area contributed by atoms with Gasteiger partial charge < -0.3 is 25.0 Å². The zero-order valence-electron chi connectivity index (χ0n) is 18.6. The van der Waals surface area contributed by atoms with Crippen LogP contribution in [0.1, 0.15) is 17.2 Å². The van der Waals surface area contributed by atoms with E-state index in [1.807, 2.05) is 0 Å². The Balaban J connectivity index is 1.45. The van der Waals surface area contributed by atoms with E-state index in [9.17, 15) is 9.59 Å². The molecule has 0 radical (unpaired) electrons. The molecule has 2 aliphatic rings. The lowest BCUT2D eigenvalue weighted by Crippen LogP contribution is -2.45. The minimum atomic E-state index is -0.717. The van der Waals surface area contributed by atoms with Gasteiger partial charge in [-0.2, -0.15) is 0 Å². The first-order valence-electron chi connectivity index (χ1n) is 10.9. The molecule has 8 nitrogen and oxygen atoms in total. The molecule has 1 saturated heterocycles. The molecular weight excluding hydrogens is 408 g/mol. The van der Waals surface area contributed by atoms with Crippen LogP contribution in [0.4, 0.5) is 11.4 Å². The maximum atomic E-state index is 12.6. The Morgan fingerprint density at radius 1 is 1.09 bits per heavy atom. The van der Waals surface area contributed by atoms with Gasteiger partial charge in [0.2, 0.25) is 0 Å². The Bertz CT molecular complexity index is 974. The third kappa shape index (κ3) is 4.87. The molecule has 2 heterocycles. The first-order valence-corrected chi connectivity index (χ1v) is 10.9. The van der Waals surface area contributed by atoms with E-state index in [1.54, 1.807) is 24.3 Å². The molecule has 0 spiro atoms. The smallest absolute Gasteiger partial charge is 0.313 e. The number of likely N-dealkylation sites (N-methyl/N-ethyl adjacent to an activating group) is 1. The van der Waals surface area contributed by atoms with Gasteiger partial charge in [-0.05, 0) is 35.7 Å². The lowest BCUT2D eigenvalue weighted by Gasteiger charge is -2.35. The summed E-state index contributed by atoms with van der Waals surface area (Å²) in [7, 11) is 3.62. The number of ether oxygens (including phenoxy) is 2. The number of benzene rings is 2. The number of fused-ring (bicyclic) bond motifs is 1. The molecule has 8 heteroatoms. The molecule has 170 valence electrons. The molecule has 2 N–H and O–H groups in total. The van der Waals surface area contributed by atoms with Gasteiger partial charge in [0.15, 0.2) is 0 Å². The van der Waals surface area contributed by atoms with E-state index < -0.39 is 11.8 Å². The summed E-state index contributed by atoms with van der Waals surface area (Å²) in [6.07, 6.45) is 1.02. The van der Waals surface area contributed by atoms with Gasteiger partial charge in [-0.1, -0.05) is 24.3 Å². The molecular formula is C24H30N4O4. The summed E-state index contributed by atoms with van der Waals surface area (Å²) in [6, 6.07) is 13.5. The van der Waals surface area contributed by atoms with Crippen LogP contribution < -0.4 is 20.3 Å². The van der Waals surface area contributed by atoms with E-state index in [4.69, 9.17) is 9.47 Å². The van der Waals surface area contributed by atoms with Gasteiger partial charge in [0.25, 0.3) is 0 Å². The molecule has 0 bridgehead atoms. The van der Waals surface area contributed by atoms with E-state index >= 15 is 0 Å². The Morgan fingerprint density at radius 2 is 1.88 bits per heavy atom. The highest BCUT2D eigenvalue weighted by Gasteiger charge is 2.26. The van der Waals surface area contributed by atoms with Crippen LogP contribution in [0.5, 0.6) is 5.75 Å². The lowest BCUT2D eigenvalue weighted by molar-refractivity contribution is -0.136. The molecule has 2 aromatic rings. The fourth-order valence-corrected chi connectivity index (χ4v) is 4.34. The van der Waals surface area contributed by atoms with E-state index in [0.717, 1.165) is 31.6 Å². The minimum Gasteiger partial charge on any atom is -0.495 e. The van der Waals surface area contributed by atoms with Crippen LogP contribution in [0.25, 0.3) is 0 Å². The molecule has 32 heavy (non-hydrogen) atoms. The van der Waals surface area contributed by atoms with Crippen molar-refractivity contribution in [2.45, 2.75) is 12.5 Å². The number of methoxy groups -OCH3 is 1. The summed E-state index contributed by atoms with van der Waals surface area (Å²) in [4.78, 5) is 29.6. The van der Waals surface area contributed by atoms with Crippen LogP contribution in [0, 0.1) is 0 Å². The predicted octanol–water partition coefficient (Wildman–Crippen LogP) is 1.82. The molecule has 0 aromatic heterocycles. The Morgan fingerprint density at radius 3 is 2.66 bits per heavy atom. The van der Waals surface area contributed by atoms with Crippen molar-refractivity contribution < 1.29 is 19.1 Å². The van der Waals surface area contributed by atoms with Gasteiger partial charge in [0, 0.05) is 38.9 Å². The highest BCUT2D eigenvalue weighted by molar-refractivity contribution is 6.39. The lowest BCUT2D eigenvalue weighted by atomic mass is 10.0. The van der Waals surface area contributed by atoms with Crippen molar-refractivity contribution in [2.24, 2.45) is 0 Å². The highest BCUT2D eigenvalue weighted by Crippen LogP contribution is 2.31. The Labute approximate surface area is 188 Å². The van der Waals surface area contributed by atoms with Crippen molar-refractivity contribution in [3.8, 4) is 5.75 Å². The van der Waals surface area contributed by atoms with Crippen molar-refractivity contribution in [3.63, 3.8) is 0 Å². The van der Waals surface area contributed by atoms with Gasteiger partial charge in [-0.25, -0.2) is 0 Å². The maximum Gasteiger partial charge on any atom is 0.313 e. The number of nitrogens with zero attached hydrogens (tertiary/aromatic N) is 2. The number of para-hydroxylation sites is 2. The molecule has 1 unspecified atom stereocenters.